The van der Waals surface area contributed by atoms with Crippen molar-refractivity contribution in [3.63, 3.8) is 0 Å². The van der Waals surface area contributed by atoms with Crippen LogP contribution < -0.4 is 42.0 Å². The molecule has 11 aromatic heterocycles. The second kappa shape index (κ2) is 37.1. The third-order valence-electron chi connectivity index (χ3n) is 34.4. The molecule has 14 aliphatic rings. The Kier molecular flexibility index (Phi) is 25.5. The Morgan fingerprint density at radius 2 is 0.840 bits per heavy atom. The summed E-state index contributed by atoms with van der Waals surface area (Å²) in [6.45, 7) is 40.2. The molecule has 6 saturated heterocycles. The largest absolute Gasteiger partial charge is 0.573 e. The summed E-state index contributed by atoms with van der Waals surface area (Å²) in [6.07, 6.45) is 12.5. The Morgan fingerprint density at radius 1 is 0.410 bits per heavy atom. The van der Waals surface area contributed by atoms with Crippen LogP contribution in [0.15, 0.2) is 147 Å². The fourth-order valence-corrected chi connectivity index (χ4v) is 26.6. The Hall–Kier alpha value is -11.1. The van der Waals surface area contributed by atoms with Crippen LogP contribution in [0.3, 0.4) is 0 Å². The van der Waals surface area contributed by atoms with Crippen LogP contribution in [0.25, 0.3) is 43.7 Å². The minimum atomic E-state index is -4.77. The predicted molar refractivity (Wildman–Crippen MR) is 537 cm³/mol. The molecule has 0 bridgehead atoms. The van der Waals surface area contributed by atoms with Gasteiger partial charge in [0.15, 0.2) is 5.75 Å². The fourth-order valence-electron chi connectivity index (χ4n) is 26.6. The van der Waals surface area contributed by atoms with E-state index in [-0.39, 0.29) is 80.6 Å². The molecule has 8 aliphatic carbocycles. The number of hydrogen-bond acceptors (Lipinski definition) is 20. The molecule has 1 aromatic carbocycles. The number of piperidine rings is 6. The maximum atomic E-state index is 13.3. The third kappa shape index (κ3) is 19.2. The van der Waals surface area contributed by atoms with E-state index in [9.17, 15) is 55.1 Å². The van der Waals surface area contributed by atoms with Crippen molar-refractivity contribution in [1.29, 1.82) is 0 Å². The number of carbonyl (C=O) groups is 6. The van der Waals surface area contributed by atoms with Gasteiger partial charge < -0.3 is 55.2 Å². The first-order valence-corrected chi connectivity index (χ1v) is 52.0. The fraction of sp³-hybridized carbons (Fsp3) is 0.549. The van der Waals surface area contributed by atoms with E-state index in [4.69, 9.17) is 9.97 Å². The second-order valence-electron chi connectivity index (χ2n) is 47.3. The van der Waals surface area contributed by atoms with Gasteiger partial charge in [0.25, 0.3) is 0 Å². The summed E-state index contributed by atoms with van der Waals surface area (Å²) in [5, 5.41) is 26.8. The number of aromatic nitrogens is 11. The number of nitrogens with zero attached hydrogens (tertiary/aromatic N) is 11. The van der Waals surface area contributed by atoms with Crippen LogP contribution in [-0.2, 0) is 67.6 Å². The van der Waals surface area contributed by atoms with Crippen molar-refractivity contribution in [2.75, 3.05) is 78.5 Å². The molecule has 14 fully saturated rings. The highest BCUT2D eigenvalue weighted by molar-refractivity contribution is 5.93. The Bertz CT molecular complexity index is 6980. The predicted octanol–water partition coefficient (Wildman–Crippen LogP) is 16.3. The van der Waals surface area contributed by atoms with E-state index in [0.717, 1.165) is 154 Å². The number of pyridine rings is 7. The lowest BCUT2D eigenvalue weighted by atomic mass is 9.80. The Labute approximate surface area is 835 Å². The first-order chi connectivity index (χ1) is 68.5. The summed E-state index contributed by atoms with van der Waals surface area (Å²) >= 11 is 0. The molecule has 1 amide bonds. The normalized spacial score (nSPS) is 27.2. The van der Waals surface area contributed by atoms with Crippen molar-refractivity contribution in [3.8, 4) is 5.75 Å². The summed E-state index contributed by atoms with van der Waals surface area (Å²) in [7, 11) is 0. The number of amides is 1. The van der Waals surface area contributed by atoms with Gasteiger partial charge in [0.1, 0.15) is 63.2 Å². The van der Waals surface area contributed by atoms with E-state index in [1.165, 1.54) is 53.5 Å². The number of aryl methyl sites for hydroxylation is 4. The Morgan fingerprint density at radius 3 is 1.33 bits per heavy atom. The monoisotopic (exact) mass is 1970 g/mol. The third-order valence-corrected chi connectivity index (χ3v) is 34.4. The van der Waals surface area contributed by atoms with Gasteiger partial charge in [0.2, 0.25) is 5.91 Å². The number of nitrogens with one attached hydrogen (secondary N) is 7. The number of carbonyl (C=O) groups excluding carboxylic acids is 6. The van der Waals surface area contributed by atoms with Gasteiger partial charge in [-0.2, -0.15) is 13.2 Å². The lowest BCUT2D eigenvalue weighted by Gasteiger charge is -2.26. The molecule has 17 heterocycles. The Balaban J connectivity index is 0.000000102. The van der Waals surface area contributed by atoms with Crippen molar-refractivity contribution >= 4 is 78.6 Å². The second-order valence-corrected chi connectivity index (χ2v) is 47.3. The lowest BCUT2D eigenvalue weighted by Crippen LogP contribution is -2.39. The topological polar surface area (TPSA) is 304 Å². The van der Waals surface area contributed by atoms with Crippen molar-refractivity contribution < 1.29 is 59.8 Å². The van der Waals surface area contributed by atoms with Crippen LogP contribution in [0.2, 0.25) is 0 Å². The zero-order chi connectivity index (χ0) is 101. The number of fused-ring (bicyclic) bond motifs is 12. The van der Waals surface area contributed by atoms with Gasteiger partial charge in [-0.15, -0.1) is 13.2 Å². The van der Waals surface area contributed by atoms with E-state index < -0.39 is 29.1 Å². The molecule has 25 nitrogen and oxygen atoms in total. The molecule has 8 saturated carbocycles. The average molecular weight is 1970 g/mol. The molecule has 12 aromatic rings. The van der Waals surface area contributed by atoms with Gasteiger partial charge in [-0.05, 0) is 280 Å². The van der Waals surface area contributed by atoms with E-state index >= 15 is 0 Å². The number of rotatable bonds is 25. The number of ketones is 5. The van der Waals surface area contributed by atoms with Crippen LogP contribution in [0.5, 0.6) is 5.75 Å². The highest BCUT2D eigenvalue weighted by Gasteiger charge is 2.63. The quantitative estimate of drug-likeness (QED) is 0.0262. The highest BCUT2D eigenvalue weighted by Crippen LogP contribution is 2.58. The van der Waals surface area contributed by atoms with Crippen LogP contribution in [0, 0.1) is 134 Å². The van der Waals surface area contributed by atoms with E-state index in [1.54, 1.807) is 34.9 Å². The lowest BCUT2D eigenvalue weighted by molar-refractivity contribution is -0.274. The zero-order valence-electron chi connectivity index (χ0n) is 84.7. The van der Waals surface area contributed by atoms with Crippen molar-refractivity contribution in [3.05, 3.63) is 215 Å². The van der Waals surface area contributed by atoms with Gasteiger partial charge >= 0.3 is 12.5 Å². The number of alkyl halides is 6. The van der Waals surface area contributed by atoms with Crippen LogP contribution in [-0.4, -0.2) is 172 Å². The van der Waals surface area contributed by atoms with Gasteiger partial charge in [0.05, 0.1) is 57.9 Å². The molecule has 144 heavy (non-hydrogen) atoms. The minimum Gasteiger partial charge on any atom is -0.403 e. The van der Waals surface area contributed by atoms with Gasteiger partial charge in [0, 0.05) is 153 Å². The maximum absolute atomic E-state index is 13.3. The number of benzene rings is 1. The molecule has 6 unspecified atom stereocenters. The summed E-state index contributed by atoms with van der Waals surface area (Å²) in [4.78, 5) is 108. The van der Waals surface area contributed by atoms with Gasteiger partial charge in [-0.3, -0.25) is 43.1 Å². The van der Waals surface area contributed by atoms with Crippen LogP contribution in [0.1, 0.15) is 201 Å². The van der Waals surface area contributed by atoms with Gasteiger partial charge in [-0.25, -0.2) is 24.9 Å². The van der Waals surface area contributed by atoms with Crippen molar-refractivity contribution in [1.82, 2.24) is 89.7 Å². The number of hydrogen-bond donors (Lipinski definition) is 7. The summed E-state index contributed by atoms with van der Waals surface area (Å²) in [6, 6.07) is 29.4. The molecule has 7 N–H and O–H groups in total. The molecule has 6 aliphatic heterocycles. The molecule has 31 heteroatoms. The summed E-state index contributed by atoms with van der Waals surface area (Å²) < 4.78 is 89.8. The molecule has 26 rings (SSSR count). The van der Waals surface area contributed by atoms with Gasteiger partial charge in [-0.1, -0.05) is 112 Å². The number of ether oxygens (including phenoxy) is 1. The van der Waals surface area contributed by atoms with Crippen molar-refractivity contribution in [2.45, 2.75) is 206 Å². The first-order valence-electron chi connectivity index (χ1n) is 52.0. The molecule has 0 spiro atoms. The summed E-state index contributed by atoms with van der Waals surface area (Å²) in [5.74, 6) is 12.6. The first kappa shape index (κ1) is 98.9. The number of halogens is 6. The molecule has 760 valence electrons. The molecular formula is C113H134F6N18O7. The molecular weight excluding hydrogens is 1840 g/mol. The van der Waals surface area contributed by atoms with Crippen LogP contribution >= 0.6 is 0 Å². The molecule has 18 atom stereocenters. The highest BCUT2D eigenvalue weighted by atomic mass is 19.4. The average Bonchev–Trinajstić information content (AvgIpc) is 1.56. The number of imidazole rings is 4. The standard InChI is InChI=1S/C20H21F3N2O.2C20H25N3O.C18H20F3N3O2.C18H23N3O.C17H20N4O/c1-19(2,8-15(26)17-13-9-24-10-14(13)17)18-12-6-4-3-5-11(12)7-16(25-18)20(21,22)23;1-20(2,8-17(24)18-14-9-21-10-15(14)18)19-22-11-16-13(12-5-6-12)4-3-7-23(16)19;1-11-7-14-12(2)22-6-5-13(14)19(23-11)20(3,4)8-17(24)18-15-9-21-10-16(15)18;1-17(2,6-13(25)15-10-7-22-8-11(10)15)16-23-9-12-14(26-18(19,20)21)4-3-5-24(12)16;1-11-17(21-7-5-4-6-15(21)20-11)18(2,3)8-14(22)16-12-9-19-10-13(12)16;1-10-3-2-6-21-13(10)9-19-16(21)17(4-5-17)20-15(22)14-11-7-18-8-12(11)14/h3-7,13-14,17,24H,8-10H2,1-2H3;3-4,7,11-12,14-15,18,21H,5-6,8-10H2,1-2H3;5-7,15-16,18,21H,8-10H2,1-4H3;3-5,9-11,15,22H,6-8H2,1-2H3;4-7,12-13,16,19H,8-10H2,1-3H3;2-3,6,9,11-12,14,18H,4-5,7-8H2,1H3,(H,20,22)/t13-,14+,17?;14-,15+,18?;15-,16+,18?;10-,11+,15?;12-,13+,16?;11-,12+,14?. The van der Waals surface area contributed by atoms with E-state index in [2.05, 4.69) is 159 Å². The molecule has 0 radical (unpaired) electrons. The summed E-state index contributed by atoms with van der Waals surface area (Å²) in [5.41, 5.74) is 8.58. The minimum absolute atomic E-state index is 0.0626. The smallest absolute Gasteiger partial charge is 0.403 e. The zero-order valence-corrected chi connectivity index (χ0v) is 84.7. The van der Waals surface area contributed by atoms with E-state index in [0.29, 0.717) is 154 Å². The van der Waals surface area contributed by atoms with Crippen molar-refractivity contribution in [2.24, 2.45) is 107 Å². The maximum Gasteiger partial charge on any atom is 0.573 e. The van der Waals surface area contributed by atoms with E-state index in [1.807, 2.05) is 110 Å². The van der Waals surface area contributed by atoms with Crippen LogP contribution in [0.4, 0.5) is 26.3 Å². The number of Topliss-reactive ketones (excluding diaryl/α,β-unsaturated/α-hetero) is 5. The SMILES string of the molecule is CC(C)(CC(=O)C1[C@H]2CNC[C@@H]12)c1nc(C(F)(F)F)cc2ccccc12.CC(C)(CC(=O)C1[C@H]2CNC[C@@H]12)c1ncc2c(C3CC3)cccn12.CC(C)(CC(=O)C1[C@H]2CNC[C@@H]12)c1ncc2c(OC(F)(F)F)cccn12.Cc1cc2c(C)nccc2c(C(C)(C)CC(=O)C2[C@H]3CNC[C@@H]23)n1.Cc1cccn2c(C3(NC(=O)C4[C@H]5CNC[C@@H]45)CC3)ncc12.Cc1nc2ccccn2c1C(C)(C)CC(=O)C1[C@H]2CNC[C@@H]12.